The molecule has 1 amide bonds. The van der Waals surface area contributed by atoms with Gasteiger partial charge in [0.25, 0.3) is 0 Å². The van der Waals surface area contributed by atoms with Crippen LogP contribution >= 0.6 is 0 Å². The highest BCUT2D eigenvalue weighted by Gasteiger charge is 2.45. The number of carbonyl (C=O) groups excluding carboxylic acids is 1. The number of ether oxygens (including phenoxy) is 2. The minimum absolute atomic E-state index is 0.296. The number of amides is 1. The van der Waals surface area contributed by atoms with Gasteiger partial charge in [-0.1, -0.05) is 6.92 Å². The lowest BCUT2D eigenvalue weighted by Gasteiger charge is -2.39. The summed E-state index contributed by atoms with van der Waals surface area (Å²) in [5, 5.41) is 0. The summed E-state index contributed by atoms with van der Waals surface area (Å²) in [5.41, 5.74) is 0. The minimum Gasteiger partial charge on any atom is -0.348 e. The average Bonchev–Trinajstić information content (AvgIpc) is 2.94. The highest BCUT2D eigenvalue weighted by atomic mass is 16.7. The van der Waals surface area contributed by atoms with Crippen molar-refractivity contribution in [1.82, 2.24) is 4.90 Å². The zero-order valence-electron chi connectivity index (χ0n) is 11.4. The fraction of sp³-hybridized carbons (Fsp3) is 0.929. The van der Waals surface area contributed by atoms with E-state index in [1.54, 1.807) is 0 Å². The summed E-state index contributed by atoms with van der Waals surface area (Å²) in [6, 6.07) is 0.378. The summed E-state index contributed by atoms with van der Waals surface area (Å²) in [6.45, 7) is 3.60. The molecule has 2 atom stereocenters. The third-order valence-electron chi connectivity index (χ3n) is 4.85. The van der Waals surface area contributed by atoms with Gasteiger partial charge in [-0.15, -0.1) is 0 Å². The standard InChI is InChI=1S/C14H23NO3/c1-10-9-12(10)13(16)15(2)11-3-5-14(6-4-11)17-7-8-18-14/h10-12H,3-9H2,1-2H3. The minimum atomic E-state index is -0.312. The van der Waals surface area contributed by atoms with Crippen molar-refractivity contribution >= 4 is 5.91 Å². The average molecular weight is 253 g/mol. The highest BCUT2D eigenvalue weighted by molar-refractivity contribution is 5.81. The van der Waals surface area contributed by atoms with E-state index < -0.39 is 0 Å². The Morgan fingerprint density at radius 3 is 2.28 bits per heavy atom. The number of carbonyl (C=O) groups is 1. The molecule has 1 aliphatic heterocycles. The largest absolute Gasteiger partial charge is 0.348 e. The summed E-state index contributed by atoms with van der Waals surface area (Å²) < 4.78 is 11.4. The summed E-state index contributed by atoms with van der Waals surface area (Å²) in [4.78, 5) is 14.2. The molecule has 1 saturated heterocycles. The van der Waals surface area contributed by atoms with Crippen molar-refractivity contribution in [3.05, 3.63) is 0 Å². The van der Waals surface area contributed by atoms with Gasteiger partial charge in [-0.3, -0.25) is 4.79 Å². The van der Waals surface area contributed by atoms with Crippen molar-refractivity contribution in [2.24, 2.45) is 11.8 Å². The second kappa shape index (κ2) is 4.49. The first-order valence-electron chi connectivity index (χ1n) is 7.16. The lowest BCUT2D eigenvalue weighted by atomic mass is 9.89. The van der Waals surface area contributed by atoms with Gasteiger partial charge in [0.2, 0.25) is 5.91 Å². The summed E-state index contributed by atoms with van der Waals surface area (Å²) in [5.74, 6) is 0.922. The molecule has 3 aliphatic rings. The Morgan fingerprint density at radius 2 is 1.78 bits per heavy atom. The van der Waals surface area contributed by atoms with E-state index in [1.807, 2.05) is 11.9 Å². The summed E-state index contributed by atoms with van der Waals surface area (Å²) >= 11 is 0. The monoisotopic (exact) mass is 253 g/mol. The molecular formula is C14H23NO3. The highest BCUT2D eigenvalue weighted by Crippen LogP contribution is 2.41. The molecule has 0 aromatic rings. The van der Waals surface area contributed by atoms with Crippen LogP contribution in [0, 0.1) is 11.8 Å². The maximum Gasteiger partial charge on any atom is 0.225 e. The SMILES string of the molecule is CC1CC1C(=O)N(C)C1CCC2(CC1)OCCO2. The number of hydrogen-bond acceptors (Lipinski definition) is 3. The topological polar surface area (TPSA) is 38.8 Å². The molecule has 4 heteroatoms. The van der Waals surface area contributed by atoms with Crippen molar-refractivity contribution in [3.8, 4) is 0 Å². The van der Waals surface area contributed by atoms with Crippen LogP contribution in [-0.2, 0) is 14.3 Å². The van der Waals surface area contributed by atoms with Crippen LogP contribution in [0.5, 0.6) is 0 Å². The van der Waals surface area contributed by atoms with Gasteiger partial charge in [-0.2, -0.15) is 0 Å². The molecule has 1 heterocycles. The Balaban J connectivity index is 1.54. The molecule has 1 spiro atoms. The van der Waals surface area contributed by atoms with Gasteiger partial charge >= 0.3 is 0 Å². The van der Waals surface area contributed by atoms with Crippen LogP contribution in [0.15, 0.2) is 0 Å². The number of rotatable bonds is 2. The molecule has 18 heavy (non-hydrogen) atoms. The zero-order chi connectivity index (χ0) is 12.8. The fourth-order valence-corrected chi connectivity index (χ4v) is 3.32. The Hall–Kier alpha value is -0.610. The van der Waals surface area contributed by atoms with Gasteiger partial charge in [-0.25, -0.2) is 0 Å². The maximum atomic E-state index is 12.2. The maximum absolute atomic E-state index is 12.2. The van der Waals surface area contributed by atoms with E-state index in [-0.39, 0.29) is 5.79 Å². The number of nitrogens with zero attached hydrogens (tertiary/aromatic N) is 1. The van der Waals surface area contributed by atoms with Crippen LogP contribution in [-0.4, -0.2) is 42.9 Å². The second-order valence-corrected chi connectivity index (χ2v) is 6.11. The normalized spacial score (nSPS) is 34.8. The Morgan fingerprint density at radius 1 is 1.22 bits per heavy atom. The molecule has 0 aromatic heterocycles. The van der Waals surface area contributed by atoms with Crippen molar-refractivity contribution in [3.63, 3.8) is 0 Å². The van der Waals surface area contributed by atoms with Crippen molar-refractivity contribution in [2.75, 3.05) is 20.3 Å². The molecule has 0 N–H and O–H groups in total. The zero-order valence-corrected chi connectivity index (χ0v) is 11.4. The quantitative estimate of drug-likeness (QED) is 0.753. The summed E-state index contributed by atoms with van der Waals surface area (Å²) in [7, 11) is 1.96. The molecule has 0 aromatic carbocycles. The van der Waals surface area contributed by atoms with E-state index in [9.17, 15) is 4.79 Å². The predicted molar refractivity (Wildman–Crippen MR) is 66.9 cm³/mol. The Kier molecular flexibility index (Phi) is 3.10. The van der Waals surface area contributed by atoms with Crippen LogP contribution in [0.25, 0.3) is 0 Å². The third kappa shape index (κ3) is 2.16. The second-order valence-electron chi connectivity index (χ2n) is 6.11. The van der Waals surface area contributed by atoms with Crippen molar-refractivity contribution in [2.45, 2.75) is 50.9 Å². The molecule has 2 unspecified atom stereocenters. The van der Waals surface area contributed by atoms with E-state index in [0.29, 0.717) is 23.8 Å². The molecule has 3 rings (SSSR count). The first-order valence-corrected chi connectivity index (χ1v) is 7.16. The molecule has 0 bridgehead atoms. The van der Waals surface area contributed by atoms with Crippen LogP contribution in [0.1, 0.15) is 39.0 Å². The lowest BCUT2D eigenvalue weighted by Crippen LogP contribution is -2.45. The molecule has 4 nitrogen and oxygen atoms in total. The smallest absolute Gasteiger partial charge is 0.225 e. The summed E-state index contributed by atoms with van der Waals surface area (Å²) in [6.07, 6.45) is 4.93. The predicted octanol–water partition coefficient (Wildman–Crippen LogP) is 1.79. The number of hydrogen-bond donors (Lipinski definition) is 0. The van der Waals surface area contributed by atoms with Gasteiger partial charge in [-0.05, 0) is 25.2 Å². The van der Waals surface area contributed by atoms with Crippen molar-refractivity contribution in [1.29, 1.82) is 0 Å². The molecule has 0 radical (unpaired) electrons. The van der Waals surface area contributed by atoms with E-state index in [1.165, 1.54) is 0 Å². The third-order valence-corrected chi connectivity index (χ3v) is 4.85. The van der Waals surface area contributed by atoms with Gasteiger partial charge in [0, 0.05) is 31.8 Å². The molecule has 2 saturated carbocycles. The van der Waals surface area contributed by atoms with Gasteiger partial charge in [0.1, 0.15) is 0 Å². The van der Waals surface area contributed by atoms with Crippen LogP contribution in [0.3, 0.4) is 0 Å². The van der Waals surface area contributed by atoms with Gasteiger partial charge < -0.3 is 14.4 Å². The van der Waals surface area contributed by atoms with E-state index in [0.717, 1.165) is 45.3 Å². The first kappa shape index (κ1) is 12.4. The molecule has 102 valence electrons. The van der Waals surface area contributed by atoms with Crippen LogP contribution in [0.2, 0.25) is 0 Å². The Bertz CT molecular complexity index is 328. The lowest BCUT2D eigenvalue weighted by molar-refractivity contribution is -0.184. The van der Waals surface area contributed by atoms with Crippen LogP contribution in [0.4, 0.5) is 0 Å². The van der Waals surface area contributed by atoms with Gasteiger partial charge in [0.05, 0.1) is 13.2 Å². The molecular weight excluding hydrogens is 230 g/mol. The Labute approximate surface area is 109 Å². The van der Waals surface area contributed by atoms with E-state index in [4.69, 9.17) is 9.47 Å². The van der Waals surface area contributed by atoms with E-state index >= 15 is 0 Å². The molecule has 2 aliphatic carbocycles. The van der Waals surface area contributed by atoms with Gasteiger partial charge in [0.15, 0.2) is 5.79 Å². The first-order chi connectivity index (χ1) is 8.61. The van der Waals surface area contributed by atoms with E-state index in [2.05, 4.69) is 6.92 Å². The van der Waals surface area contributed by atoms with Crippen LogP contribution < -0.4 is 0 Å². The fourth-order valence-electron chi connectivity index (χ4n) is 3.32. The van der Waals surface area contributed by atoms with Crippen molar-refractivity contribution < 1.29 is 14.3 Å². The molecule has 3 fully saturated rings.